The molecule has 0 spiro atoms. The molecule has 0 unspecified atom stereocenters. The number of fused-ring (bicyclic) bond motifs is 1. The average Bonchev–Trinajstić information content (AvgIpc) is 3.26. The number of pyridine rings is 1. The lowest BCUT2D eigenvalue weighted by molar-refractivity contribution is -0.141. The molecule has 2 aromatic heterocycles. The van der Waals surface area contributed by atoms with Crippen molar-refractivity contribution < 1.29 is 31.9 Å². The van der Waals surface area contributed by atoms with Crippen molar-refractivity contribution >= 4 is 22.7 Å². The van der Waals surface area contributed by atoms with Crippen LogP contribution in [0.5, 0.6) is 5.75 Å². The zero-order valence-corrected chi connectivity index (χ0v) is 20.5. The van der Waals surface area contributed by atoms with E-state index in [1.54, 1.807) is 33.8 Å². The predicted octanol–water partition coefficient (Wildman–Crippen LogP) is 3.83. The Hall–Kier alpha value is -3.67. The lowest BCUT2D eigenvalue weighted by Gasteiger charge is -2.15. The second kappa shape index (κ2) is 10.5. The Morgan fingerprint density at radius 3 is 2.39 bits per heavy atom. The number of amides is 2. The number of alkyl halides is 3. The molecule has 0 aliphatic rings. The Kier molecular flexibility index (Phi) is 7.87. The monoisotopic (exact) mass is 507 g/mol. The normalized spacial score (nSPS) is 13.5. The molecule has 0 aliphatic carbocycles. The minimum atomic E-state index is -4.64. The highest BCUT2D eigenvalue weighted by molar-refractivity contribution is 5.98. The van der Waals surface area contributed by atoms with Crippen molar-refractivity contribution in [1.29, 1.82) is 0 Å². The summed E-state index contributed by atoms with van der Waals surface area (Å²) in [7, 11) is 1.32. The molecule has 0 fully saturated rings. The number of hydrogen-bond acceptors (Lipinski definition) is 7. The van der Waals surface area contributed by atoms with Gasteiger partial charge in [0.25, 0.3) is 5.91 Å². The Bertz CT molecular complexity index is 1270. The summed E-state index contributed by atoms with van der Waals surface area (Å²) in [5.41, 5.74) is 5.14. The number of aromatic nitrogens is 2. The van der Waals surface area contributed by atoms with Crippen LogP contribution < -0.4 is 21.1 Å². The van der Waals surface area contributed by atoms with Crippen LogP contribution in [-0.2, 0) is 11.0 Å². The first-order chi connectivity index (χ1) is 16.8. The molecular weight excluding hydrogens is 479 g/mol. The predicted molar refractivity (Wildman–Crippen MR) is 126 cm³/mol. The zero-order valence-electron chi connectivity index (χ0n) is 20.5. The standard InChI is InChI=1S/C24H28F3N5O4/c1-11(2)21(33)29-10-12(3)30-22(34)19-20(13(4)28)36-23(32-19)15-6-8-16(35-5)18-14(15)7-9-17(31-18)24(25,26)27/h6-9,11-13H,10,28H2,1-5H3,(H,29,33)(H,30,34)/t12-,13+/m1/s1. The van der Waals surface area contributed by atoms with Crippen LogP contribution >= 0.6 is 0 Å². The van der Waals surface area contributed by atoms with Crippen molar-refractivity contribution in [2.45, 2.75) is 46.0 Å². The van der Waals surface area contributed by atoms with Crippen LogP contribution in [0, 0.1) is 5.92 Å². The van der Waals surface area contributed by atoms with Crippen LogP contribution in [0.4, 0.5) is 13.2 Å². The molecule has 0 radical (unpaired) electrons. The molecule has 4 N–H and O–H groups in total. The molecule has 0 bridgehead atoms. The fourth-order valence-corrected chi connectivity index (χ4v) is 3.42. The highest BCUT2D eigenvalue weighted by Crippen LogP contribution is 2.37. The molecular formula is C24H28F3N5O4. The van der Waals surface area contributed by atoms with Crippen LogP contribution in [0.3, 0.4) is 0 Å². The van der Waals surface area contributed by atoms with Crippen LogP contribution in [0.15, 0.2) is 28.7 Å². The van der Waals surface area contributed by atoms with Crippen LogP contribution in [-0.4, -0.2) is 41.5 Å². The Morgan fingerprint density at radius 2 is 1.81 bits per heavy atom. The summed E-state index contributed by atoms with van der Waals surface area (Å²) in [6, 6.07) is 3.97. The molecule has 0 aliphatic heterocycles. The van der Waals surface area contributed by atoms with E-state index in [1.165, 1.54) is 19.2 Å². The van der Waals surface area contributed by atoms with E-state index in [-0.39, 0.29) is 52.4 Å². The number of benzene rings is 1. The number of methoxy groups -OCH3 is 1. The van der Waals surface area contributed by atoms with E-state index in [0.717, 1.165) is 6.07 Å². The van der Waals surface area contributed by atoms with Gasteiger partial charge in [-0.15, -0.1) is 0 Å². The van der Waals surface area contributed by atoms with Gasteiger partial charge in [0.1, 0.15) is 17.0 Å². The Labute approximate surface area is 205 Å². The molecule has 12 heteroatoms. The number of nitrogens with zero attached hydrogens (tertiary/aromatic N) is 2. The molecule has 36 heavy (non-hydrogen) atoms. The van der Waals surface area contributed by atoms with Crippen molar-refractivity contribution in [2.24, 2.45) is 11.7 Å². The maximum Gasteiger partial charge on any atom is 0.433 e. The topological polar surface area (TPSA) is 132 Å². The summed E-state index contributed by atoms with van der Waals surface area (Å²) in [6.07, 6.45) is -4.64. The third kappa shape index (κ3) is 5.76. The second-order valence-electron chi connectivity index (χ2n) is 8.70. The lowest BCUT2D eigenvalue weighted by Crippen LogP contribution is -2.43. The van der Waals surface area contributed by atoms with Crippen molar-refractivity contribution in [2.75, 3.05) is 13.7 Å². The number of nitrogens with one attached hydrogen (secondary N) is 2. The summed E-state index contributed by atoms with van der Waals surface area (Å²) in [4.78, 5) is 32.8. The largest absolute Gasteiger partial charge is 0.494 e. The van der Waals surface area contributed by atoms with Crippen molar-refractivity contribution in [1.82, 2.24) is 20.6 Å². The van der Waals surface area contributed by atoms with Crippen molar-refractivity contribution in [3.8, 4) is 17.2 Å². The molecule has 194 valence electrons. The average molecular weight is 508 g/mol. The molecule has 3 rings (SSSR count). The Morgan fingerprint density at radius 1 is 1.11 bits per heavy atom. The van der Waals surface area contributed by atoms with Gasteiger partial charge in [0.15, 0.2) is 11.5 Å². The molecule has 2 atom stereocenters. The van der Waals surface area contributed by atoms with E-state index in [4.69, 9.17) is 14.9 Å². The summed E-state index contributed by atoms with van der Waals surface area (Å²) < 4.78 is 50.7. The van der Waals surface area contributed by atoms with E-state index in [1.807, 2.05) is 0 Å². The SMILES string of the molecule is COc1ccc(-c2nc(C(=O)N[C@H](C)CNC(=O)C(C)C)c([C@H](C)N)o2)c2ccc(C(F)(F)F)nc12. The van der Waals surface area contributed by atoms with Gasteiger partial charge in [-0.25, -0.2) is 9.97 Å². The van der Waals surface area contributed by atoms with Gasteiger partial charge in [-0.2, -0.15) is 13.2 Å². The second-order valence-corrected chi connectivity index (χ2v) is 8.70. The third-order valence-corrected chi connectivity index (χ3v) is 5.33. The van der Waals surface area contributed by atoms with E-state index >= 15 is 0 Å². The highest BCUT2D eigenvalue weighted by atomic mass is 19.4. The minimum Gasteiger partial charge on any atom is -0.494 e. The summed E-state index contributed by atoms with van der Waals surface area (Å²) >= 11 is 0. The van der Waals surface area contributed by atoms with Crippen LogP contribution in [0.2, 0.25) is 0 Å². The molecule has 9 nitrogen and oxygen atoms in total. The maximum absolute atomic E-state index is 13.2. The number of hydrogen-bond donors (Lipinski definition) is 3. The Balaban J connectivity index is 1.98. The number of halogens is 3. The van der Waals surface area contributed by atoms with Gasteiger partial charge in [0.05, 0.1) is 13.2 Å². The highest BCUT2D eigenvalue weighted by Gasteiger charge is 2.33. The molecule has 2 heterocycles. The lowest BCUT2D eigenvalue weighted by atomic mass is 10.1. The molecule has 2 amide bonds. The number of ether oxygens (including phenoxy) is 1. The number of nitrogens with two attached hydrogens (primary N) is 1. The van der Waals surface area contributed by atoms with E-state index in [0.29, 0.717) is 5.56 Å². The van der Waals surface area contributed by atoms with Crippen LogP contribution in [0.1, 0.15) is 55.7 Å². The zero-order chi connectivity index (χ0) is 26.8. The quantitative estimate of drug-likeness (QED) is 0.422. The fourth-order valence-electron chi connectivity index (χ4n) is 3.42. The molecule has 3 aromatic rings. The fraction of sp³-hybridized carbons (Fsp3) is 0.417. The smallest absolute Gasteiger partial charge is 0.433 e. The summed E-state index contributed by atoms with van der Waals surface area (Å²) in [5, 5.41) is 5.76. The third-order valence-electron chi connectivity index (χ3n) is 5.33. The van der Waals surface area contributed by atoms with Gasteiger partial charge in [0.2, 0.25) is 11.8 Å². The summed E-state index contributed by atoms with van der Waals surface area (Å²) in [6.45, 7) is 7.04. The maximum atomic E-state index is 13.2. The molecule has 1 aromatic carbocycles. The van der Waals surface area contributed by atoms with Gasteiger partial charge in [-0.3, -0.25) is 9.59 Å². The minimum absolute atomic E-state index is 0.0116. The van der Waals surface area contributed by atoms with Crippen molar-refractivity contribution in [3.63, 3.8) is 0 Å². The van der Waals surface area contributed by atoms with Gasteiger partial charge in [-0.05, 0) is 38.1 Å². The van der Waals surface area contributed by atoms with E-state index in [2.05, 4.69) is 20.6 Å². The van der Waals surface area contributed by atoms with Gasteiger partial charge in [0, 0.05) is 29.5 Å². The van der Waals surface area contributed by atoms with Gasteiger partial charge >= 0.3 is 6.18 Å². The number of rotatable bonds is 8. The first kappa shape index (κ1) is 26.9. The first-order valence-corrected chi connectivity index (χ1v) is 11.2. The number of carbonyl (C=O) groups excluding carboxylic acids is 2. The van der Waals surface area contributed by atoms with Gasteiger partial charge < -0.3 is 25.5 Å². The molecule has 0 saturated heterocycles. The first-order valence-electron chi connectivity index (χ1n) is 11.2. The van der Waals surface area contributed by atoms with E-state index in [9.17, 15) is 22.8 Å². The van der Waals surface area contributed by atoms with Gasteiger partial charge in [-0.1, -0.05) is 13.8 Å². The molecule has 0 saturated carbocycles. The van der Waals surface area contributed by atoms with Crippen LogP contribution in [0.25, 0.3) is 22.4 Å². The van der Waals surface area contributed by atoms with E-state index < -0.39 is 29.9 Å². The number of carbonyl (C=O) groups is 2. The summed E-state index contributed by atoms with van der Waals surface area (Å²) in [5.74, 6) is -0.693. The van der Waals surface area contributed by atoms with Crippen molar-refractivity contribution in [3.05, 3.63) is 41.4 Å². The number of oxazole rings is 1.